The average Bonchev–Trinajstić information content (AvgIpc) is 3.46. The maximum Gasteiger partial charge on any atom is 0.407 e. The van der Waals surface area contributed by atoms with Crippen LogP contribution < -0.4 is 14.8 Å². The van der Waals surface area contributed by atoms with E-state index < -0.39 is 39.3 Å². The van der Waals surface area contributed by atoms with Crippen molar-refractivity contribution in [2.45, 2.75) is 96.4 Å². The maximum absolute atomic E-state index is 13.6. The van der Waals surface area contributed by atoms with Crippen LogP contribution in [0.5, 0.6) is 5.75 Å². The summed E-state index contributed by atoms with van der Waals surface area (Å²) in [7, 11) is -2.05. The van der Waals surface area contributed by atoms with Gasteiger partial charge in [0.1, 0.15) is 24.6 Å². The molecule has 3 aromatic carbocycles. The van der Waals surface area contributed by atoms with Crippen LogP contribution in [0.3, 0.4) is 0 Å². The molecule has 0 unspecified atom stereocenters. The third kappa shape index (κ3) is 10.5. The lowest BCUT2D eigenvalue weighted by molar-refractivity contribution is -0.144. The predicted octanol–water partition coefficient (Wildman–Crippen LogP) is 7.16. The molecule has 0 spiro atoms. The quantitative estimate of drug-likeness (QED) is 0.135. The van der Waals surface area contributed by atoms with Crippen molar-refractivity contribution in [3.8, 4) is 17.0 Å². The number of hydrogen-bond acceptors (Lipinski definition) is 9. The van der Waals surface area contributed by atoms with Gasteiger partial charge in [0, 0.05) is 48.1 Å². The highest BCUT2D eigenvalue weighted by atomic mass is 32.2. The van der Waals surface area contributed by atoms with Gasteiger partial charge in [0.05, 0.1) is 17.5 Å². The van der Waals surface area contributed by atoms with Gasteiger partial charge in [-0.3, -0.25) is 14.5 Å². The van der Waals surface area contributed by atoms with Crippen molar-refractivity contribution in [3.63, 3.8) is 0 Å². The molecule has 300 valence electrons. The van der Waals surface area contributed by atoms with Gasteiger partial charge in [0.15, 0.2) is 0 Å². The Bertz CT molecular complexity index is 2120. The van der Waals surface area contributed by atoms with Crippen LogP contribution in [0, 0.1) is 0 Å². The van der Waals surface area contributed by atoms with Gasteiger partial charge < -0.3 is 24.1 Å². The number of carbonyl (C=O) groups is 3. The number of nitrogens with one attached hydrogen (secondary N) is 2. The number of hydrogen-bond donors (Lipinski definition) is 2. The van der Waals surface area contributed by atoms with E-state index in [1.165, 1.54) is 12.0 Å². The second kappa shape index (κ2) is 17.9. The zero-order valence-electron chi connectivity index (χ0n) is 32.8. The van der Waals surface area contributed by atoms with E-state index in [-0.39, 0.29) is 31.1 Å². The summed E-state index contributed by atoms with van der Waals surface area (Å²) in [5.74, 6) is -0.559. The zero-order valence-corrected chi connectivity index (χ0v) is 33.7. The summed E-state index contributed by atoms with van der Waals surface area (Å²) in [6, 6.07) is 22.6. The second-order valence-corrected chi connectivity index (χ2v) is 17.7. The fraction of sp³-hybridized carbons (Fsp3) is 0.465. The Morgan fingerprint density at radius 3 is 2.45 bits per heavy atom. The van der Waals surface area contributed by atoms with E-state index in [0.29, 0.717) is 32.2 Å². The van der Waals surface area contributed by atoms with Gasteiger partial charge in [0.25, 0.3) is 5.91 Å². The van der Waals surface area contributed by atoms with Crippen LogP contribution in [-0.4, -0.2) is 80.0 Å². The molecule has 12 nitrogen and oxygen atoms in total. The third-order valence-corrected chi connectivity index (χ3v) is 11.7. The molecule has 1 aromatic heterocycles. The number of sulfonamides is 1. The van der Waals surface area contributed by atoms with Crippen molar-refractivity contribution < 1.29 is 37.0 Å². The summed E-state index contributed by atoms with van der Waals surface area (Å²) >= 11 is 0. The molecule has 4 aromatic rings. The number of para-hydroxylation sites is 1. The summed E-state index contributed by atoms with van der Waals surface area (Å²) in [5.41, 5.74) is 4.56. The summed E-state index contributed by atoms with van der Waals surface area (Å²) in [6.07, 6.45) is 5.01. The van der Waals surface area contributed by atoms with Gasteiger partial charge in [-0.25, -0.2) is 17.9 Å². The number of nitrogens with zero attached hydrogens (tertiary/aromatic N) is 2. The topological polar surface area (TPSA) is 145 Å². The Balaban J connectivity index is 1.25. The minimum absolute atomic E-state index is 0.00983. The lowest BCUT2D eigenvalue weighted by atomic mass is 9.81. The fourth-order valence-electron chi connectivity index (χ4n) is 7.61. The molecule has 1 aliphatic carbocycles. The monoisotopic (exact) mass is 786 g/mol. The first-order chi connectivity index (χ1) is 26.8. The molecule has 2 N–H and O–H groups in total. The normalized spacial score (nSPS) is 16.2. The Morgan fingerprint density at radius 2 is 1.70 bits per heavy atom. The molecule has 2 amide bonds. The zero-order chi connectivity index (χ0) is 39.9. The molecule has 0 bridgehead atoms. The van der Waals surface area contributed by atoms with Crippen molar-refractivity contribution in [2.75, 3.05) is 32.5 Å². The Kier molecular flexibility index (Phi) is 13.1. The molecular formula is C43H54N4O8S. The molecule has 1 fully saturated rings. The van der Waals surface area contributed by atoms with Crippen LogP contribution in [-0.2, 0) is 37.4 Å². The number of carbonyl (C=O) groups excluding carboxylic acids is 3. The average molecular weight is 787 g/mol. The highest BCUT2D eigenvalue weighted by Gasteiger charge is 2.32. The van der Waals surface area contributed by atoms with Gasteiger partial charge in [-0.15, -0.1) is 0 Å². The largest absolute Gasteiger partial charge is 0.491 e. The van der Waals surface area contributed by atoms with Crippen molar-refractivity contribution in [1.29, 1.82) is 0 Å². The number of rotatable bonds is 13. The number of aromatic nitrogens is 1. The molecule has 13 heteroatoms. The van der Waals surface area contributed by atoms with Crippen LogP contribution in [0.1, 0.15) is 93.1 Å². The van der Waals surface area contributed by atoms with Crippen LogP contribution in [0.25, 0.3) is 22.2 Å². The molecule has 1 aliphatic heterocycles. The first kappa shape index (κ1) is 40.8. The predicted molar refractivity (Wildman–Crippen MR) is 216 cm³/mol. The smallest absolute Gasteiger partial charge is 0.407 e. The van der Waals surface area contributed by atoms with Gasteiger partial charge in [-0.2, -0.15) is 0 Å². The van der Waals surface area contributed by atoms with Gasteiger partial charge >= 0.3 is 12.1 Å². The molecule has 1 saturated carbocycles. The number of alkyl carbamates (subject to hydrolysis) is 1. The second-order valence-electron chi connectivity index (χ2n) is 15.8. The van der Waals surface area contributed by atoms with E-state index in [1.54, 1.807) is 12.1 Å². The summed E-state index contributed by atoms with van der Waals surface area (Å²) in [6.45, 7) is 7.41. The van der Waals surface area contributed by atoms with Crippen molar-refractivity contribution in [1.82, 2.24) is 19.5 Å². The van der Waals surface area contributed by atoms with Gasteiger partial charge in [-0.05, 0) is 88.4 Å². The van der Waals surface area contributed by atoms with E-state index in [4.69, 9.17) is 14.2 Å². The minimum atomic E-state index is -4.05. The summed E-state index contributed by atoms with van der Waals surface area (Å²) in [4.78, 5) is 40.4. The molecule has 0 saturated heterocycles. The Labute approximate surface area is 329 Å². The molecule has 0 radical (unpaired) electrons. The van der Waals surface area contributed by atoms with Gasteiger partial charge in [0.2, 0.25) is 10.0 Å². The molecular weight excluding hydrogens is 733 g/mol. The summed E-state index contributed by atoms with van der Waals surface area (Å²) in [5, 5.41) is 3.88. The lowest BCUT2D eigenvalue weighted by Crippen LogP contribution is -2.44. The highest BCUT2D eigenvalue weighted by molar-refractivity contribution is 7.90. The third-order valence-electron chi connectivity index (χ3n) is 10.4. The van der Waals surface area contributed by atoms with E-state index in [1.807, 2.05) is 82.4 Å². The number of amides is 2. The van der Waals surface area contributed by atoms with Crippen LogP contribution in [0.15, 0.2) is 72.8 Å². The molecule has 6 rings (SSSR count). The number of ether oxygens (including phenoxy) is 3. The Hall–Kier alpha value is -4.88. The van der Waals surface area contributed by atoms with Gasteiger partial charge in [-0.1, -0.05) is 67.8 Å². The number of esters is 1. The first-order valence-corrected chi connectivity index (χ1v) is 21.2. The van der Waals surface area contributed by atoms with E-state index in [2.05, 4.69) is 25.6 Å². The number of benzene rings is 3. The summed E-state index contributed by atoms with van der Waals surface area (Å²) < 4.78 is 47.9. The maximum atomic E-state index is 13.6. The number of likely N-dealkylation sites (N-methyl/N-ethyl adjacent to an activating group) is 1. The highest BCUT2D eigenvalue weighted by Crippen LogP contribution is 2.47. The Morgan fingerprint density at radius 1 is 0.964 bits per heavy atom. The lowest BCUT2D eigenvalue weighted by Gasteiger charge is -2.32. The minimum Gasteiger partial charge on any atom is -0.491 e. The van der Waals surface area contributed by atoms with Crippen LogP contribution in [0.4, 0.5) is 4.79 Å². The SMILES string of the molecule is CN(CCNC(=O)OC(C)(C)C)[C@H]1COc2ccccc2-c2c(C3CCCCC3)c3ccc(C(=O)NS(=O)(=O)CCCC(=O)OCc4ccccc4)cc3n2C1. The molecule has 56 heavy (non-hydrogen) atoms. The fourth-order valence-corrected chi connectivity index (χ4v) is 8.63. The molecule has 2 heterocycles. The van der Waals surface area contributed by atoms with Crippen molar-refractivity contribution >= 4 is 38.9 Å². The van der Waals surface area contributed by atoms with E-state index >= 15 is 0 Å². The van der Waals surface area contributed by atoms with Crippen molar-refractivity contribution in [2.24, 2.45) is 0 Å². The standard InChI is InChI=1S/C43H54N4O8S/c1-43(2,3)55-42(50)44-23-24-46(4)33-27-47-36-26-32(41(49)45-56(51,52)25-13-20-38(48)54-28-30-14-7-5-8-15-30)21-22-34(36)39(31-16-9-6-10-17-31)40(47)35-18-11-12-19-37(35)53-29-33/h5,7-8,11-12,14-15,18-19,21-22,26,31,33H,6,9-10,13,16-17,20,23-25,27-29H2,1-4H3,(H,44,50)(H,45,49)/t33-/m1/s1. The van der Waals surface area contributed by atoms with E-state index in [9.17, 15) is 22.8 Å². The number of fused-ring (bicyclic) bond motifs is 5. The van der Waals surface area contributed by atoms with Crippen molar-refractivity contribution in [3.05, 3.63) is 89.5 Å². The van der Waals surface area contributed by atoms with E-state index in [0.717, 1.165) is 59.2 Å². The first-order valence-electron chi connectivity index (χ1n) is 19.6. The molecule has 2 aliphatic rings. The van der Waals surface area contributed by atoms with Crippen LogP contribution >= 0.6 is 0 Å². The van der Waals surface area contributed by atoms with Crippen LogP contribution in [0.2, 0.25) is 0 Å². The molecule has 1 atom stereocenters.